The van der Waals surface area contributed by atoms with E-state index in [1.165, 1.54) is 11.1 Å². The van der Waals surface area contributed by atoms with E-state index in [2.05, 4.69) is 22.1 Å². The normalized spacial score (nSPS) is 19.8. The molecule has 3 heteroatoms. The van der Waals surface area contributed by atoms with Gasteiger partial charge in [0.05, 0.1) is 29.3 Å². The standard InChI is InChI=1S/C12H11N3/c13-6-8-2-1-3-10-9(8)4-5-11-12(10)15-7-14-11/h4-5,7-8H,1-3H2,(H,14,15). The first-order chi connectivity index (χ1) is 7.40. The van der Waals surface area contributed by atoms with Gasteiger partial charge in [-0.05, 0) is 36.5 Å². The van der Waals surface area contributed by atoms with Crippen LogP contribution in [0.4, 0.5) is 0 Å². The van der Waals surface area contributed by atoms with E-state index in [0.717, 1.165) is 30.3 Å². The van der Waals surface area contributed by atoms with Crippen LogP contribution in [0.1, 0.15) is 29.9 Å². The summed E-state index contributed by atoms with van der Waals surface area (Å²) < 4.78 is 0. The van der Waals surface area contributed by atoms with E-state index in [1.807, 2.05) is 6.07 Å². The Morgan fingerprint density at radius 3 is 3.27 bits per heavy atom. The molecule has 0 spiro atoms. The lowest BCUT2D eigenvalue weighted by Crippen LogP contribution is -2.08. The van der Waals surface area contributed by atoms with Gasteiger partial charge in [0.1, 0.15) is 0 Å². The van der Waals surface area contributed by atoms with Gasteiger partial charge in [0.15, 0.2) is 0 Å². The van der Waals surface area contributed by atoms with Crippen molar-refractivity contribution in [3.05, 3.63) is 29.6 Å². The van der Waals surface area contributed by atoms with E-state index < -0.39 is 0 Å². The maximum atomic E-state index is 9.08. The topological polar surface area (TPSA) is 52.5 Å². The molecule has 15 heavy (non-hydrogen) atoms. The quantitative estimate of drug-likeness (QED) is 0.705. The molecular weight excluding hydrogens is 186 g/mol. The second-order valence-corrected chi connectivity index (χ2v) is 4.01. The van der Waals surface area contributed by atoms with Crippen molar-refractivity contribution < 1.29 is 0 Å². The second-order valence-electron chi connectivity index (χ2n) is 4.01. The van der Waals surface area contributed by atoms with Gasteiger partial charge in [-0.15, -0.1) is 0 Å². The van der Waals surface area contributed by atoms with Crippen molar-refractivity contribution in [2.45, 2.75) is 25.2 Å². The van der Waals surface area contributed by atoms with Crippen LogP contribution >= 0.6 is 0 Å². The lowest BCUT2D eigenvalue weighted by atomic mass is 9.83. The third kappa shape index (κ3) is 1.15. The van der Waals surface area contributed by atoms with Gasteiger partial charge in [0, 0.05) is 0 Å². The van der Waals surface area contributed by atoms with Gasteiger partial charge in [0.25, 0.3) is 0 Å². The van der Waals surface area contributed by atoms with Crippen molar-refractivity contribution in [3.63, 3.8) is 0 Å². The van der Waals surface area contributed by atoms with Crippen molar-refractivity contribution in [2.75, 3.05) is 0 Å². The smallest absolute Gasteiger partial charge is 0.0931 e. The van der Waals surface area contributed by atoms with Crippen LogP contribution in [0.2, 0.25) is 0 Å². The number of hydrogen-bond acceptors (Lipinski definition) is 2. The van der Waals surface area contributed by atoms with E-state index in [0.29, 0.717) is 0 Å². The van der Waals surface area contributed by atoms with E-state index >= 15 is 0 Å². The zero-order valence-electron chi connectivity index (χ0n) is 8.33. The molecule has 3 nitrogen and oxygen atoms in total. The average molecular weight is 197 g/mol. The Kier molecular flexibility index (Phi) is 1.75. The summed E-state index contributed by atoms with van der Waals surface area (Å²) in [6, 6.07) is 6.48. The number of nitrogens with zero attached hydrogens (tertiary/aromatic N) is 2. The largest absolute Gasteiger partial charge is 0.345 e. The monoisotopic (exact) mass is 197 g/mol. The Balaban J connectivity index is 2.30. The van der Waals surface area contributed by atoms with Crippen molar-refractivity contribution >= 4 is 11.0 Å². The lowest BCUT2D eigenvalue weighted by molar-refractivity contribution is 0.640. The van der Waals surface area contributed by atoms with Gasteiger partial charge < -0.3 is 4.98 Å². The second kappa shape index (κ2) is 3.09. The van der Waals surface area contributed by atoms with Gasteiger partial charge in [0.2, 0.25) is 0 Å². The number of nitrogens with one attached hydrogen (secondary N) is 1. The summed E-state index contributed by atoms with van der Waals surface area (Å²) in [5.41, 5.74) is 4.58. The number of hydrogen-bond donors (Lipinski definition) is 1. The molecule has 1 aliphatic carbocycles. The van der Waals surface area contributed by atoms with Crippen LogP contribution in [-0.4, -0.2) is 9.97 Å². The number of H-pyrrole nitrogens is 1. The SMILES string of the molecule is N#CC1CCCc2c1ccc1[nH]cnc21. The molecule has 1 heterocycles. The molecule has 1 N–H and O–H groups in total. The zero-order valence-corrected chi connectivity index (χ0v) is 8.33. The van der Waals surface area contributed by atoms with E-state index in [4.69, 9.17) is 5.26 Å². The van der Waals surface area contributed by atoms with Crippen molar-refractivity contribution in [2.24, 2.45) is 0 Å². The van der Waals surface area contributed by atoms with Gasteiger partial charge in [-0.3, -0.25) is 0 Å². The summed E-state index contributed by atoms with van der Waals surface area (Å²) in [6.07, 6.45) is 4.85. The molecule has 1 aromatic heterocycles. The average Bonchev–Trinajstić information content (AvgIpc) is 2.76. The summed E-state index contributed by atoms with van der Waals surface area (Å²) in [7, 11) is 0. The van der Waals surface area contributed by atoms with Crippen LogP contribution in [0.3, 0.4) is 0 Å². The third-order valence-electron chi connectivity index (χ3n) is 3.18. The Bertz CT molecular complexity index is 547. The fraction of sp³-hybridized carbons (Fsp3) is 0.333. The maximum absolute atomic E-state index is 9.08. The first-order valence-corrected chi connectivity index (χ1v) is 5.24. The predicted molar refractivity (Wildman–Crippen MR) is 57.4 cm³/mol. The zero-order chi connectivity index (χ0) is 10.3. The van der Waals surface area contributed by atoms with Crippen LogP contribution in [-0.2, 0) is 6.42 Å². The third-order valence-corrected chi connectivity index (χ3v) is 3.18. The van der Waals surface area contributed by atoms with Crippen LogP contribution in [0.25, 0.3) is 11.0 Å². The summed E-state index contributed by atoms with van der Waals surface area (Å²) in [4.78, 5) is 7.44. The van der Waals surface area contributed by atoms with Gasteiger partial charge in [-0.25, -0.2) is 4.98 Å². The highest BCUT2D eigenvalue weighted by molar-refractivity contribution is 5.80. The molecule has 1 aromatic carbocycles. The number of fused-ring (bicyclic) bond motifs is 3. The lowest BCUT2D eigenvalue weighted by Gasteiger charge is -2.20. The van der Waals surface area contributed by atoms with Crippen LogP contribution < -0.4 is 0 Å². The van der Waals surface area contributed by atoms with Crippen LogP contribution in [0, 0.1) is 11.3 Å². The molecule has 1 atom stereocenters. The summed E-state index contributed by atoms with van der Waals surface area (Å²) in [5.74, 6) is 0.0647. The fourth-order valence-corrected chi connectivity index (χ4v) is 2.44. The first kappa shape index (κ1) is 8.49. The van der Waals surface area contributed by atoms with Gasteiger partial charge >= 0.3 is 0 Å². The Morgan fingerprint density at radius 2 is 2.40 bits per heavy atom. The Morgan fingerprint density at radius 1 is 1.47 bits per heavy atom. The Hall–Kier alpha value is -1.82. The number of aromatic amines is 1. The fourth-order valence-electron chi connectivity index (χ4n) is 2.44. The highest BCUT2D eigenvalue weighted by Gasteiger charge is 2.22. The summed E-state index contributed by atoms with van der Waals surface area (Å²) >= 11 is 0. The molecule has 0 bridgehead atoms. The molecule has 0 amide bonds. The summed E-state index contributed by atoms with van der Waals surface area (Å²) in [5, 5.41) is 9.08. The molecule has 0 aliphatic heterocycles. The molecule has 74 valence electrons. The van der Waals surface area contributed by atoms with Crippen molar-refractivity contribution in [3.8, 4) is 6.07 Å². The minimum atomic E-state index is 0.0647. The number of nitriles is 1. The molecule has 0 radical (unpaired) electrons. The number of imidazole rings is 1. The molecule has 0 saturated heterocycles. The Labute approximate surface area is 87.8 Å². The molecule has 0 saturated carbocycles. The highest BCUT2D eigenvalue weighted by atomic mass is 14.9. The van der Waals surface area contributed by atoms with Crippen molar-refractivity contribution in [1.29, 1.82) is 5.26 Å². The predicted octanol–water partition coefficient (Wildman–Crippen LogP) is 2.51. The molecule has 1 aliphatic rings. The summed E-state index contributed by atoms with van der Waals surface area (Å²) in [6.45, 7) is 0. The minimum Gasteiger partial charge on any atom is -0.345 e. The van der Waals surface area contributed by atoms with Crippen LogP contribution in [0.15, 0.2) is 18.5 Å². The molecule has 2 aromatic rings. The minimum absolute atomic E-state index is 0.0647. The number of aryl methyl sites for hydroxylation is 1. The first-order valence-electron chi connectivity index (χ1n) is 5.24. The number of rotatable bonds is 0. The number of benzene rings is 1. The molecular formula is C12H11N3. The van der Waals surface area contributed by atoms with Crippen molar-refractivity contribution in [1.82, 2.24) is 9.97 Å². The number of aromatic nitrogens is 2. The van der Waals surface area contributed by atoms with Gasteiger partial charge in [-0.1, -0.05) is 6.07 Å². The van der Waals surface area contributed by atoms with E-state index in [-0.39, 0.29) is 5.92 Å². The highest BCUT2D eigenvalue weighted by Crippen LogP contribution is 2.34. The van der Waals surface area contributed by atoms with E-state index in [1.54, 1.807) is 6.33 Å². The van der Waals surface area contributed by atoms with E-state index in [9.17, 15) is 0 Å². The molecule has 0 fully saturated rings. The molecule has 3 rings (SSSR count). The molecule has 1 unspecified atom stereocenters. The van der Waals surface area contributed by atoms with Crippen LogP contribution in [0.5, 0.6) is 0 Å². The maximum Gasteiger partial charge on any atom is 0.0931 e. The van der Waals surface area contributed by atoms with Gasteiger partial charge in [-0.2, -0.15) is 5.26 Å².